The van der Waals surface area contributed by atoms with Crippen LogP contribution in [-0.2, 0) is 35.2 Å². The average molecular weight is 1060 g/mol. The van der Waals surface area contributed by atoms with Crippen molar-refractivity contribution < 1.29 is 58.7 Å². The number of ether oxygens (including phenoxy) is 1. The predicted octanol–water partition coefficient (Wildman–Crippen LogP) is 2.04. The molecule has 3 heterocycles. The third-order valence-corrected chi connectivity index (χ3v) is 14.3. The number of nitrogens with one attached hydrogen (secondary N) is 5. The lowest BCUT2D eigenvalue weighted by atomic mass is 9.99. The molecule has 77 heavy (non-hydrogen) atoms. The Morgan fingerprint density at radius 3 is 1.83 bits per heavy atom. The van der Waals surface area contributed by atoms with Gasteiger partial charge in [0.2, 0.25) is 35.4 Å². The van der Waals surface area contributed by atoms with Gasteiger partial charge in [-0.3, -0.25) is 33.6 Å². The first kappa shape index (κ1) is 57.3. The van der Waals surface area contributed by atoms with Crippen LogP contribution in [0, 0.1) is 0 Å². The molecule has 0 radical (unpaired) electrons. The van der Waals surface area contributed by atoms with Crippen LogP contribution in [0.1, 0.15) is 88.1 Å². The Bertz CT molecular complexity index is 2690. The van der Waals surface area contributed by atoms with Crippen molar-refractivity contribution in [1.29, 1.82) is 0 Å². The number of phenols is 1. The van der Waals surface area contributed by atoms with E-state index in [1.54, 1.807) is 36.4 Å². The molecule has 3 aliphatic rings. The summed E-state index contributed by atoms with van der Waals surface area (Å²) in [6.45, 7) is 4.87. The van der Waals surface area contributed by atoms with Crippen molar-refractivity contribution in [3.05, 3.63) is 108 Å². The summed E-state index contributed by atoms with van der Waals surface area (Å²) in [4.78, 5) is 101. The first-order valence-corrected chi connectivity index (χ1v) is 26.5. The molecule has 7 amide bonds. The molecular weight excluding hydrogens is 989 g/mol. The second-order valence-corrected chi connectivity index (χ2v) is 20.3. The van der Waals surface area contributed by atoms with Crippen LogP contribution in [0.5, 0.6) is 11.5 Å². The van der Waals surface area contributed by atoms with Gasteiger partial charge in [0.05, 0.1) is 24.9 Å². The number of hydrogen-bond acceptors (Lipinski definition) is 13. The highest BCUT2D eigenvalue weighted by Gasteiger charge is 2.46. The number of aliphatic hydroxyl groups excluding tert-OH is 3. The van der Waals surface area contributed by atoms with Gasteiger partial charge < -0.3 is 67.3 Å². The van der Waals surface area contributed by atoms with Crippen LogP contribution < -0.4 is 37.1 Å². The van der Waals surface area contributed by atoms with Crippen LogP contribution >= 0.6 is 0 Å². The molecule has 20 nitrogen and oxygen atoms in total. The molecule has 0 spiro atoms. The monoisotopic (exact) mass is 1060 g/mol. The fourth-order valence-electron chi connectivity index (χ4n) is 9.92. The van der Waals surface area contributed by atoms with Crippen molar-refractivity contribution in [2.24, 2.45) is 5.73 Å². The summed E-state index contributed by atoms with van der Waals surface area (Å²) in [6.07, 6.45) is -1.12. The summed E-state index contributed by atoms with van der Waals surface area (Å²) >= 11 is 0. The molecule has 0 aromatic heterocycles. The second kappa shape index (κ2) is 26.6. The van der Waals surface area contributed by atoms with E-state index in [0.29, 0.717) is 12.2 Å². The maximum Gasteiger partial charge on any atom is 0.251 e. The summed E-state index contributed by atoms with van der Waals surface area (Å²) in [5, 5.41) is 56.0. The van der Waals surface area contributed by atoms with Gasteiger partial charge in [0, 0.05) is 37.7 Å². The first-order chi connectivity index (χ1) is 36.9. The third kappa shape index (κ3) is 15.0. The molecule has 20 heteroatoms. The summed E-state index contributed by atoms with van der Waals surface area (Å²) in [7, 11) is 0. The molecule has 4 aromatic rings. The van der Waals surface area contributed by atoms with E-state index in [0.717, 1.165) is 52.2 Å². The van der Waals surface area contributed by atoms with Crippen LogP contribution in [0.4, 0.5) is 0 Å². The minimum absolute atomic E-state index is 0.00318. The number of aryl methyl sites for hydroxylation is 1. The van der Waals surface area contributed by atoms with Gasteiger partial charge in [-0.2, -0.15) is 0 Å². The smallest absolute Gasteiger partial charge is 0.251 e. The maximum atomic E-state index is 14.4. The Morgan fingerprint density at radius 2 is 1.25 bits per heavy atom. The van der Waals surface area contributed by atoms with Gasteiger partial charge in [0.25, 0.3) is 5.91 Å². The number of benzene rings is 4. The van der Waals surface area contributed by atoms with E-state index in [9.17, 15) is 54.0 Å². The van der Waals surface area contributed by atoms with Gasteiger partial charge >= 0.3 is 0 Å². The fourth-order valence-corrected chi connectivity index (χ4v) is 9.92. The molecule has 11 N–H and O–H groups in total. The Morgan fingerprint density at radius 1 is 0.701 bits per heavy atom. The maximum absolute atomic E-state index is 14.4. The van der Waals surface area contributed by atoms with Crippen molar-refractivity contribution in [1.82, 2.24) is 36.4 Å². The Kier molecular flexibility index (Phi) is 19.8. The summed E-state index contributed by atoms with van der Waals surface area (Å²) in [5.74, 6) is -4.76. The zero-order valence-electron chi connectivity index (χ0n) is 43.7. The van der Waals surface area contributed by atoms with E-state index in [4.69, 9.17) is 10.5 Å². The topological polar surface area (TPSA) is 302 Å². The lowest BCUT2D eigenvalue weighted by Gasteiger charge is -2.32. The standard InChI is InChI=1S/C57H72N8O12/c1-4-5-6-28-77-44-24-20-39(21-25-44)37-14-12-36(13-15-37)38-16-18-40(19-17-38)51(70)60-45-8-7-27-59-54(73)47-29-41(58)31-64(47)56(75)49(33(2)66)63-53(72)46(26-11-35-9-22-42(68)23-10-35)61-55(74)48-30-43(69)32-65(48)57(76)50(34(3)67)62-52(45)71/h9-10,12-25,33-34,41,43,45-50,66-69H,4-8,11,26-32,58H2,1-3H3,(H,59,73)(H,60,70)(H,61,74)(H,62,71)(H,63,72)/t33?,34?,41-,43+,45-,46?,47?,48?,49?,50?/m0/s1. The molecule has 7 unspecified atom stereocenters. The van der Waals surface area contributed by atoms with E-state index in [2.05, 4.69) is 33.5 Å². The van der Waals surface area contributed by atoms with Gasteiger partial charge in [-0.1, -0.05) is 80.4 Å². The Hall–Kier alpha value is -7.39. The number of unbranched alkanes of at least 4 members (excludes halogenated alkanes) is 2. The number of hydrogen-bond donors (Lipinski definition) is 10. The SMILES string of the molecule is CCCCCOc1ccc(-c2ccc(-c3ccc(C(=O)N[C@H]4CCCNC(=O)C5C[C@H](N)CN5C(=O)C(C(C)O)NC(=O)C(CCc5ccc(O)cc5)NC(=O)C5C[C@@H](O)CN5C(=O)C(C(C)O)NC4=O)cc3)cc2)cc1. The number of aromatic hydroxyl groups is 1. The predicted molar refractivity (Wildman–Crippen MR) is 286 cm³/mol. The molecule has 0 saturated carbocycles. The van der Waals surface area contributed by atoms with Crippen molar-refractivity contribution in [2.75, 3.05) is 26.2 Å². The zero-order valence-corrected chi connectivity index (χ0v) is 43.7. The van der Waals surface area contributed by atoms with Crippen molar-refractivity contribution >= 4 is 41.4 Å². The number of carbonyl (C=O) groups excluding carboxylic acids is 7. The second-order valence-electron chi connectivity index (χ2n) is 20.3. The largest absolute Gasteiger partial charge is 0.508 e. The van der Waals surface area contributed by atoms with E-state index in [1.807, 2.05) is 48.5 Å². The van der Waals surface area contributed by atoms with Crippen LogP contribution in [0.2, 0.25) is 0 Å². The molecule has 3 aliphatic heterocycles. The molecule has 412 valence electrons. The number of nitrogens with zero attached hydrogens (tertiary/aromatic N) is 2. The Labute approximate surface area is 448 Å². The number of aliphatic hydroxyl groups is 3. The van der Waals surface area contributed by atoms with Gasteiger partial charge in [0.1, 0.15) is 47.8 Å². The molecule has 3 fully saturated rings. The summed E-state index contributed by atoms with van der Waals surface area (Å²) in [6, 6.07) is 19.7. The van der Waals surface area contributed by atoms with E-state index in [1.165, 1.54) is 30.9 Å². The number of amides is 7. The van der Waals surface area contributed by atoms with Gasteiger partial charge in [-0.15, -0.1) is 0 Å². The van der Waals surface area contributed by atoms with Crippen molar-refractivity contribution in [3.8, 4) is 33.8 Å². The average Bonchev–Trinajstić information content (AvgIpc) is 4.06. The lowest BCUT2D eigenvalue weighted by molar-refractivity contribution is -0.145. The molecule has 3 saturated heterocycles. The van der Waals surface area contributed by atoms with E-state index >= 15 is 0 Å². The number of phenolic OH excluding ortho intramolecular Hbond substituents is 1. The molecule has 0 aliphatic carbocycles. The quantitative estimate of drug-likeness (QED) is 0.0811. The van der Waals surface area contributed by atoms with Gasteiger partial charge in [-0.25, -0.2) is 0 Å². The summed E-state index contributed by atoms with van der Waals surface area (Å²) < 4.78 is 5.86. The Balaban J connectivity index is 1.11. The van der Waals surface area contributed by atoms with Gasteiger partial charge in [-0.05, 0) is 117 Å². The van der Waals surface area contributed by atoms with Crippen LogP contribution in [0.25, 0.3) is 22.3 Å². The third-order valence-electron chi connectivity index (χ3n) is 14.3. The van der Waals surface area contributed by atoms with E-state index in [-0.39, 0.29) is 69.5 Å². The highest BCUT2D eigenvalue weighted by Crippen LogP contribution is 2.28. The number of rotatable bonds is 14. The molecular formula is C57H72N8O12. The molecule has 4 aromatic carbocycles. The highest BCUT2D eigenvalue weighted by molar-refractivity contribution is 6.00. The normalized spacial score (nSPS) is 24.8. The minimum Gasteiger partial charge on any atom is -0.508 e. The zero-order chi connectivity index (χ0) is 55.3. The number of carbonyl (C=O) groups is 7. The fraction of sp³-hybridized carbons (Fsp3) is 0.456. The van der Waals surface area contributed by atoms with Crippen LogP contribution in [-0.4, -0.2) is 158 Å². The van der Waals surface area contributed by atoms with Crippen LogP contribution in [0.15, 0.2) is 97.1 Å². The van der Waals surface area contributed by atoms with E-state index < -0.39 is 102 Å². The summed E-state index contributed by atoms with van der Waals surface area (Å²) in [5.41, 5.74) is 10.9. The molecule has 10 atom stereocenters. The lowest BCUT2D eigenvalue weighted by Crippen LogP contribution is -2.61. The highest BCUT2D eigenvalue weighted by atomic mass is 16.5. The number of fused-ring (bicyclic) bond motifs is 2. The van der Waals surface area contributed by atoms with Crippen LogP contribution in [0.3, 0.4) is 0 Å². The van der Waals surface area contributed by atoms with Crippen molar-refractivity contribution in [2.45, 2.75) is 139 Å². The number of nitrogens with two attached hydrogens (primary N) is 1. The first-order valence-electron chi connectivity index (χ1n) is 26.5. The minimum atomic E-state index is -1.68. The van der Waals surface area contributed by atoms with Gasteiger partial charge in [0.15, 0.2) is 0 Å². The van der Waals surface area contributed by atoms with Crippen molar-refractivity contribution in [3.63, 3.8) is 0 Å². The molecule has 7 rings (SSSR count). The molecule has 0 bridgehead atoms.